The average molecular weight is 270 g/mol. The summed E-state index contributed by atoms with van der Waals surface area (Å²) in [5.74, 6) is 5.46. The lowest BCUT2D eigenvalue weighted by atomic mass is 10.2. The van der Waals surface area contributed by atoms with Gasteiger partial charge in [0.05, 0.1) is 15.7 Å². The summed E-state index contributed by atoms with van der Waals surface area (Å²) < 4.78 is 25.0. The Bertz CT molecular complexity index is 619. The Morgan fingerprint density at radius 2 is 1.94 bits per heavy atom. The van der Waals surface area contributed by atoms with Crippen LogP contribution in [0, 0.1) is 6.92 Å². The second kappa shape index (κ2) is 4.38. The molecule has 0 aliphatic carbocycles. The van der Waals surface area contributed by atoms with Gasteiger partial charge in [0.15, 0.2) is 0 Å². The van der Waals surface area contributed by atoms with E-state index in [9.17, 15) is 8.42 Å². The molecular formula is C9H10N4O2S2. The first-order chi connectivity index (χ1) is 7.99. The minimum absolute atomic E-state index is 0.130. The van der Waals surface area contributed by atoms with Gasteiger partial charge in [0.1, 0.15) is 6.33 Å². The fourth-order valence-electron chi connectivity index (χ4n) is 1.14. The van der Waals surface area contributed by atoms with Crippen molar-refractivity contribution in [3.8, 4) is 0 Å². The van der Waals surface area contributed by atoms with Gasteiger partial charge in [-0.2, -0.15) is 0 Å². The third-order valence-electron chi connectivity index (χ3n) is 2.03. The van der Waals surface area contributed by atoms with Crippen molar-refractivity contribution in [1.82, 2.24) is 14.9 Å². The Kier molecular flexibility index (Phi) is 3.07. The Hall–Kier alpha value is -1.54. The highest BCUT2D eigenvalue weighted by atomic mass is 33.1. The van der Waals surface area contributed by atoms with Crippen molar-refractivity contribution < 1.29 is 8.42 Å². The third kappa shape index (κ3) is 2.59. The predicted molar refractivity (Wildman–Crippen MR) is 64.4 cm³/mol. The summed E-state index contributed by atoms with van der Waals surface area (Å²) in [6.07, 6.45) is 1.24. The van der Waals surface area contributed by atoms with Gasteiger partial charge in [-0.3, -0.25) is 0 Å². The smallest absolute Gasteiger partial charge is 0.237 e. The van der Waals surface area contributed by atoms with Crippen molar-refractivity contribution in [3.05, 3.63) is 36.2 Å². The Morgan fingerprint density at radius 3 is 2.47 bits per heavy atom. The van der Waals surface area contributed by atoms with E-state index < -0.39 is 8.87 Å². The number of nitrogens with zero attached hydrogens (tertiary/aromatic N) is 3. The number of nitrogens with two attached hydrogens (primary N) is 1. The first-order valence-corrected chi connectivity index (χ1v) is 7.47. The van der Waals surface area contributed by atoms with Gasteiger partial charge < -0.3 is 5.84 Å². The predicted octanol–water partition coefficient (Wildman–Crippen LogP) is 0.781. The SMILES string of the molecule is Cc1ccc(S(=O)(=O)Sc2nncn2N)cc1. The van der Waals surface area contributed by atoms with Gasteiger partial charge >= 0.3 is 0 Å². The van der Waals surface area contributed by atoms with E-state index in [2.05, 4.69) is 10.2 Å². The molecule has 0 atom stereocenters. The lowest BCUT2D eigenvalue weighted by Crippen LogP contribution is -2.09. The molecule has 0 bridgehead atoms. The molecule has 6 nitrogen and oxygen atoms in total. The van der Waals surface area contributed by atoms with Gasteiger partial charge in [0, 0.05) is 0 Å². The van der Waals surface area contributed by atoms with E-state index in [1.54, 1.807) is 24.3 Å². The van der Waals surface area contributed by atoms with Gasteiger partial charge in [0.25, 0.3) is 0 Å². The minimum Gasteiger partial charge on any atom is -0.336 e. The van der Waals surface area contributed by atoms with Crippen LogP contribution in [-0.4, -0.2) is 23.3 Å². The zero-order valence-electron chi connectivity index (χ0n) is 8.94. The van der Waals surface area contributed by atoms with Crippen LogP contribution in [0.5, 0.6) is 0 Å². The average Bonchev–Trinajstić information content (AvgIpc) is 2.64. The molecule has 0 fully saturated rings. The van der Waals surface area contributed by atoms with Crippen LogP contribution >= 0.6 is 10.8 Å². The van der Waals surface area contributed by atoms with E-state index in [1.807, 2.05) is 6.92 Å². The highest BCUT2D eigenvalue weighted by Gasteiger charge is 2.19. The molecular weight excluding hydrogens is 260 g/mol. The van der Waals surface area contributed by atoms with Crippen molar-refractivity contribution in [3.63, 3.8) is 0 Å². The largest absolute Gasteiger partial charge is 0.336 e. The number of rotatable bonds is 3. The van der Waals surface area contributed by atoms with Crippen LogP contribution in [0.15, 0.2) is 40.6 Å². The number of nitrogen functional groups attached to an aromatic ring is 1. The second-order valence-corrected chi connectivity index (χ2v) is 7.10. The Balaban J connectivity index is 2.31. The number of hydrogen-bond acceptors (Lipinski definition) is 6. The summed E-state index contributed by atoms with van der Waals surface area (Å²) in [7, 11) is -2.93. The van der Waals surface area contributed by atoms with Gasteiger partial charge in [-0.15, -0.1) is 10.2 Å². The molecule has 0 amide bonds. The van der Waals surface area contributed by atoms with E-state index in [-0.39, 0.29) is 10.1 Å². The topological polar surface area (TPSA) is 90.9 Å². The number of aryl methyl sites for hydroxylation is 1. The molecule has 0 radical (unpaired) electrons. The molecule has 2 N–H and O–H groups in total. The molecule has 1 aromatic heterocycles. The maximum Gasteiger partial charge on any atom is 0.237 e. The van der Waals surface area contributed by atoms with Crippen LogP contribution in [0.4, 0.5) is 0 Å². The van der Waals surface area contributed by atoms with E-state index in [0.717, 1.165) is 10.2 Å². The number of aromatic nitrogens is 3. The summed E-state index contributed by atoms with van der Waals surface area (Å²) in [6, 6.07) is 6.57. The van der Waals surface area contributed by atoms with Crippen LogP contribution in [0.3, 0.4) is 0 Å². The third-order valence-corrected chi connectivity index (χ3v) is 5.23. The van der Waals surface area contributed by atoms with Crippen molar-refractivity contribution >= 4 is 19.7 Å². The van der Waals surface area contributed by atoms with Gasteiger partial charge in [-0.05, 0) is 19.1 Å². The molecule has 0 spiro atoms. The molecule has 8 heteroatoms. The summed E-state index contributed by atoms with van der Waals surface area (Å²) in [6.45, 7) is 1.89. The van der Waals surface area contributed by atoms with Crippen molar-refractivity contribution in [2.45, 2.75) is 17.0 Å². The van der Waals surface area contributed by atoms with Crippen LogP contribution in [0.2, 0.25) is 0 Å². The summed E-state index contributed by atoms with van der Waals surface area (Å²) in [5, 5.41) is 7.26. The molecule has 0 aliphatic heterocycles. The second-order valence-electron chi connectivity index (χ2n) is 3.37. The van der Waals surface area contributed by atoms with Gasteiger partial charge in [-0.25, -0.2) is 13.1 Å². The number of benzene rings is 1. The molecule has 0 aliphatic rings. The maximum absolute atomic E-state index is 12.0. The zero-order valence-corrected chi connectivity index (χ0v) is 10.6. The van der Waals surface area contributed by atoms with Crippen molar-refractivity contribution in [1.29, 1.82) is 0 Å². The molecule has 2 rings (SSSR count). The van der Waals surface area contributed by atoms with Crippen LogP contribution < -0.4 is 5.84 Å². The molecule has 1 heterocycles. The minimum atomic E-state index is -3.51. The van der Waals surface area contributed by atoms with Crippen LogP contribution in [0.25, 0.3) is 0 Å². The van der Waals surface area contributed by atoms with Gasteiger partial charge in [0.2, 0.25) is 14.0 Å². The Labute approximate surface area is 102 Å². The maximum atomic E-state index is 12.0. The van der Waals surface area contributed by atoms with Crippen molar-refractivity contribution in [2.75, 3.05) is 5.84 Å². The van der Waals surface area contributed by atoms with E-state index in [0.29, 0.717) is 10.8 Å². The Morgan fingerprint density at radius 1 is 1.29 bits per heavy atom. The van der Waals surface area contributed by atoms with E-state index >= 15 is 0 Å². The fraction of sp³-hybridized carbons (Fsp3) is 0.111. The lowest BCUT2D eigenvalue weighted by Gasteiger charge is -2.03. The normalized spacial score (nSPS) is 11.6. The quantitative estimate of drug-likeness (QED) is 0.654. The fourth-order valence-corrected chi connectivity index (χ4v) is 3.69. The monoisotopic (exact) mass is 270 g/mol. The van der Waals surface area contributed by atoms with Gasteiger partial charge in [-0.1, -0.05) is 17.7 Å². The molecule has 90 valence electrons. The first kappa shape index (κ1) is 11.9. The highest BCUT2D eigenvalue weighted by Crippen LogP contribution is 2.28. The first-order valence-electron chi connectivity index (χ1n) is 4.65. The van der Waals surface area contributed by atoms with Crippen LogP contribution in [-0.2, 0) is 8.87 Å². The molecule has 17 heavy (non-hydrogen) atoms. The zero-order chi connectivity index (χ0) is 12.5. The summed E-state index contributed by atoms with van der Waals surface area (Å²) in [5.41, 5.74) is 0.996. The van der Waals surface area contributed by atoms with E-state index in [4.69, 9.17) is 5.84 Å². The summed E-state index contributed by atoms with van der Waals surface area (Å²) >= 11 is 0. The molecule has 0 unspecified atom stereocenters. The lowest BCUT2D eigenvalue weighted by molar-refractivity contribution is 0.610. The molecule has 2 aromatic rings. The van der Waals surface area contributed by atoms with Crippen LogP contribution in [0.1, 0.15) is 5.56 Å². The standard InChI is InChI=1S/C9H10N4O2S2/c1-7-2-4-8(5-3-7)17(14,15)16-9-12-11-6-13(9)10/h2-6H,10H2,1H3. The van der Waals surface area contributed by atoms with E-state index in [1.165, 1.54) is 6.33 Å². The highest BCUT2D eigenvalue weighted by molar-refractivity contribution is 8.72. The molecule has 1 aromatic carbocycles. The molecule has 0 saturated heterocycles. The van der Waals surface area contributed by atoms with Crippen molar-refractivity contribution in [2.24, 2.45) is 0 Å². The molecule has 0 saturated carbocycles. The summed E-state index contributed by atoms with van der Waals surface area (Å²) in [4.78, 5) is 0.219. The number of hydrogen-bond donors (Lipinski definition) is 1.